The van der Waals surface area contributed by atoms with E-state index in [2.05, 4.69) is 6.58 Å². The molecule has 3 rings (SSSR count). The molecule has 0 radical (unpaired) electrons. The van der Waals surface area contributed by atoms with Gasteiger partial charge in [0.1, 0.15) is 5.75 Å². The Balaban J connectivity index is 1.98. The first kappa shape index (κ1) is 20.1. The highest BCUT2D eigenvalue weighted by molar-refractivity contribution is 6.01. The van der Waals surface area contributed by atoms with Crippen LogP contribution in [0, 0.1) is 0 Å². The van der Waals surface area contributed by atoms with Gasteiger partial charge in [0.05, 0.1) is 12.2 Å². The molecule has 0 unspecified atom stereocenters. The molecule has 6 heteroatoms. The van der Waals surface area contributed by atoms with Gasteiger partial charge in [-0.25, -0.2) is 5.48 Å². The second-order valence-corrected chi connectivity index (χ2v) is 6.52. The highest BCUT2D eigenvalue weighted by atomic mass is 16.5. The topological polar surface area (TPSA) is 78.9 Å². The van der Waals surface area contributed by atoms with E-state index in [4.69, 9.17) is 9.94 Å². The number of ether oxygens (including phenoxy) is 1. The van der Waals surface area contributed by atoms with E-state index in [1.165, 1.54) is 12.1 Å². The predicted octanol–water partition coefficient (Wildman–Crippen LogP) is 3.88. The second kappa shape index (κ2) is 9.03. The van der Waals surface area contributed by atoms with Crippen molar-refractivity contribution in [3.05, 3.63) is 90.0 Å². The van der Waals surface area contributed by atoms with Crippen LogP contribution in [0.3, 0.4) is 0 Å². The molecule has 0 saturated carbocycles. The summed E-state index contributed by atoms with van der Waals surface area (Å²) in [5, 5.41) is 8.90. The molecule has 2 amide bonds. The van der Waals surface area contributed by atoms with Gasteiger partial charge in [-0.3, -0.25) is 14.8 Å². The average molecular weight is 390 g/mol. The minimum Gasteiger partial charge on any atom is -0.482 e. The number of nitrogens with zero attached hydrogens (tertiary/aromatic N) is 1. The number of allylic oxidation sites excluding steroid dienone is 5. The summed E-state index contributed by atoms with van der Waals surface area (Å²) in [5.41, 5.74) is 5.36. The highest BCUT2D eigenvalue weighted by Crippen LogP contribution is 2.35. The van der Waals surface area contributed by atoms with Crippen LogP contribution < -0.4 is 15.1 Å². The summed E-state index contributed by atoms with van der Waals surface area (Å²) in [5.74, 6) is -0.348. The van der Waals surface area contributed by atoms with Crippen molar-refractivity contribution in [2.24, 2.45) is 0 Å². The van der Waals surface area contributed by atoms with Crippen molar-refractivity contribution in [3.63, 3.8) is 0 Å². The van der Waals surface area contributed by atoms with Gasteiger partial charge in [-0.1, -0.05) is 55.1 Å². The molecule has 29 heavy (non-hydrogen) atoms. The lowest BCUT2D eigenvalue weighted by Crippen LogP contribution is -2.38. The number of hydroxylamine groups is 1. The standard InChI is InChI=1S/C23H22N2O4/c1-3-4-5-8-16(2)19-10-7-6-9-18(19)14-25-20-13-17(23(27)24-28)11-12-21(20)29-15-22(25)26/h3-13,28H,1,14-15H2,2H3,(H,24,27)/b5-4-,16-8+. The third-order valence-corrected chi connectivity index (χ3v) is 4.63. The second-order valence-electron chi connectivity index (χ2n) is 6.52. The molecule has 2 aromatic rings. The Morgan fingerprint density at radius 3 is 2.83 bits per heavy atom. The number of rotatable bonds is 6. The fourth-order valence-corrected chi connectivity index (χ4v) is 3.16. The SMILES string of the molecule is C=C/C=C\C=C(/C)c1ccccc1CN1C(=O)COc2ccc(C(=O)NO)cc21. The van der Waals surface area contributed by atoms with Crippen LogP contribution in [-0.2, 0) is 11.3 Å². The highest BCUT2D eigenvalue weighted by Gasteiger charge is 2.27. The molecule has 0 bridgehead atoms. The normalized spacial score (nSPS) is 13.8. The molecule has 1 aliphatic heterocycles. The molecule has 0 saturated heterocycles. The molecule has 0 atom stereocenters. The summed E-state index contributed by atoms with van der Waals surface area (Å²) in [7, 11) is 0. The Hall–Kier alpha value is -3.64. The van der Waals surface area contributed by atoms with Crippen LogP contribution in [0.1, 0.15) is 28.4 Å². The van der Waals surface area contributed by atoms with Crippen LogP contribution in [0.4, 0.5) is 5.69 Å². The molecule has 1 heterocycles. The average Bonchev–Trinajstić information content (AvgIpc) is 2.75. The number of carbonyl (C=O) groups is 2. The van der Waals surface area contributed by atoms with E-state index in [9.17, 15) is 9.59 Å². The number of anilines is 1. The van der Waals surface area contributed by atoms with Crippen LogP contribution in [0.15, 0.2) is 73.3 Å². The fraction of sp³-hybridized carbons (Fsp3) is 0.130. The zero-order valence-electron chi connectivity index (χ0n) is 16.1. The van der Waals surface area contributed by atoms with Crippen LogP contribution in [0.2, 0.25) is 0 Å². The van der Waals surface area contributed by atoms with Crippen LogP contribution in [-0.4, -0.2) is 23.6 Å². The number of hydrogen-bond acceptors (Lipinski definition) is 4. The maximum atomic E-state index is 12.6. The lowest BCUT2D eigenvalue weighted by Gasteiger charge is -2.30. The number of carbonyl (C=O) groups excluding carboxylic acids is 2. The van der Waals surface area contributed by atoms with Crippen LogP contribution in [0.25, 0.3) is 5.57 Å². The van der Waals surface area contributed by atoms with E-state index in [-0.39, 0.29) is 18.1 Å². The van der Waals surface area contributed by atoms with Gasteiger partial charge in [0, 0.05) is 5.56 Å². The summed E-state index contributed by atoms with van der Waals surface area (Å²) in [4.78, 5) is 26.0. The third-order valence-electron chi connectivity index (χ3n) is 4.63. The molecule has 6 nitrogen and oxygen atoms in total. The molecular formula is C23H22N2O4. The number of amides is 2. The summed E-state index contributed by atoms with van der Waals surface area (Å²) in [6.07, 6.45) is 7.45. The monoisotopic (exact) mass is 390 g/mol. The Bertz CT molecular complexity index is 1010. The molecule has 0 fully saturated rings. The van der Waals surface area contributed by atoms with E-state index in [0.29, 0.717) is 18.0 Å². The van der Waals surface area contributed by atoms with Crippen molar-refractivity contribution >= 4 is 23.1 Å². The quantitative estimate of drug-likeness (QED) is 0.446. The first-order valence-electron chi connectivity index (χ1n) is 9.11. The maximum Gasteiger partial charge on any atom is 0.274 e. The van der Waals surface area contributed by atoms with Gasteiger partial charge in [0.25, 0.3) is 11.8 Å². The van der Waals surface area contributed by atoms with Gasteiger partial charge in [0.15, 0.2) is 6.61 Å². The Morgan fingerprint density at radius 1 is 1.28 bits per heavy atom. The molecule has 148 valence electrons. The van der Waals surface area contributed by atoms with Gasteiger partial charge in [-0.15, -0.1) is 0 Å². The van der Waals surface area contributed by atoms with Crippen molar-refractivity contribution < 1.29 is 19.5 Å². The van der Waals surface area contributed by atoms with Gasteiger partial charge in [0.2, 0.25) is 0 Å². The van der Waals surface area contributed by atoms with Crippen molar-refractivity contribution in [2.75, 3.05) is 11.5 Å². The summed E-state index contributed by atoms with van der Waals surface area (Å²) < 4.78 is 5.50. The fourth-order valence-electron chi connectivity index (χ4n) is 3.16. The minimum absolute atomic E-state index is 0.0718. The van der Waals surface area contributed by atoms with E-state index in [1.807, 2.05) is 49.4 Å². The third kappa shape index (κ3) is 4.44. The molecule has 0 aliphatic carbocycles. The van der Waals surface area contributed by atoms with Gasteiger partial charge in [-0.2, -0.15) is 0 Å². The summed E-state index contributed by atoms with van der Waals surface area (Å²) >= 11 is 0. The Kier molecular flexibility index (Phi) is 6.26. The molecule has 2 N–H and O–H groups in total. The number of benzene rings is 2. The zero-order chi connectivity index (χ0) is 20.8. The lowest BCUT2D eigenvalue weighted by atomic mass is 9.99. The maximum absolute atomic E-state index is 12.6. The van der Waals surface area contributed by atoms with Gasteiger partial charge in [-0.05, 0) is 41.8 Å². The Labute approximate surface area is 169 Å². The predicted molar refractivity (Wildman–Crippen MR) is 112 cm³/mol. The first-order valence-corrected chi connectivity index (χ1v) is 9.11. The summed E-state index contributed by atoms with van der Waals surface area (Å²) in [6, 6.07) is 12.5. The molecule has 1 aliphatic rings. The van der Waals surface area contributed by atoms with Crippen LogP contribution in [0.5, 0.6) is 5.75 Å². The van der Waals surface area contributed by atoms with E-state index >= 15 is 0 Å². The van der Waals surface area contributed by atoms with Crippen molar-refractivity contribution in [2.45, 2.75) is 13.5 Å². The number of hydrogen-bond donors (Lipinski definition) is 2. The van der Waals surface area contributed by atoms with Crippen LogP contribution >= 0.6 is 0 Å². The van der Waals surface area contributed by atoms with E-state index in [1.54, 1.807) is 22.5 Å². The van der Waals surface area contributed by atoms with Crippen molar-refractivity contribution in [3.8, 4) is 5.75 Å². The molecule has 2 aromatic carbocycles. The molecular weight excluding hydrogens is 368 g/mol. The number of nitrogens with one attached hydrogen (secondary N) is 1. The summed E-state index contributed by atoms with van der Waals surface area (Å²) in [6.45, 7) is 5.92. The zero-order valence-corrected chi connectivity index (χ0v) is 16.1. The lowest BCUT2D eigenvalue weighted by molar-refractivity contribution is -0.121. The smallest absolute Gasteiger partial charge is 0.274 e. The van der Waals surface area contributed by atoms with Crippen molar-refractivity contribution in [1.29, 1.82) is 0 Å². The molecule has 0 spiro atoms. The minimum atomic E-state index is -0.654. The number of fused-ring (bicyclic) bond motifs is 1. The Morgan fingerprint density at radius 2 is 2.07 bits per heavy atom. The van der Waals surface area contributed by atoms with Crippen molar-refractivity contribution in [1.82, 2.24) is 5.48 Å². The molecule has 0 aromatic heterocycles. The van der Waals surface area contributed by atoms with E-state index < -0.39 is 5.91 Å². The largest absolute Gasteiger partial charge is 0.482 e. The first-order chi connectivity index (χ1) is 14.0. The van der Waals surface area contributed by atoms with Gasteiger partial charge >= 0.3 is 0 Å². The van der Waals surface area contributed by atoms with Gasteiger partial charge < -0.3 is 9.64 Å². The van der Waals surface area contributed by atoms with E-state index in [0.717, 1.165) is 16.7 Å².